The molecule has 0 saturated heterocycles. The minimum atomic E-state index is -0.0838. The number of thiazole rings is 1. The van der Waals surface area contributed by atoms with Crippen LogP contribution in [0.4, 0.5) is 11.4 Å². The average molecular weight is 590 g/mol. The van der Waals surface area contributed by atoms with Crippen LogP contribution in [-0.2, 0) is 9.59 Å². The second kappa shape index (κ2) is 18.3. The number of rotatable bonds is 5. The number of amides is 1. The Balaban J connectivity index is 0.000000262. The predicted molar refractivity (Wildman–Crippen MR) is 167 cm³/mol. The van der Waals surface area contributed by atoms with Crippen molar-refractivity contribution in [2.45, 2.75) is 33.6 Å². The van der Waals surface area contributed by atoms with E-state index in [9.17, 15) is 14.4 Å². The molecular weight excluding hydrogens is 558 g/mol. The van der Waals surface area contributed by atoms with Crippen LogP contribution in [0.1, 0.15) is 44.0 Å². The summed E-state index contributed by atoms with van der Waals surface area (Å²) in [5.74, 6) is 0.542. The van der Waals surface area contributed by atoms with E-state index in [2.05, 4.69) is 22.9 Å². The molecule has 0 atom stereocenters. The van der Waals surface area contributed by atoms with Gasteiger partial charge < -0.3 is 20.8 Å². The molecule has 6 nitrogen and oxygen atoms in total. The van der Waals surface area contributed by atoms with Gasteiger partial charge in [-0.1, -0.05) is 43.6 Å². The first-order valence-corrected chi connectivity index (χ1v) is 13.9. The number of carbonyl (C=O) groups is 3. The molecular formula is C28H32ClN3O3S3. The molecule has 1 amide bonds. The highest BCUT2D eigenvalue weighted by Gasteiger charge is 2.00. The Morgan fingerprint density at radius 3 is 2.13 bits per heavy atom. The SMILES string of the molecule is CCC(=O)c1ccc(Cl)cc1.CCC(C)=O.Nc1ccc2[nH]c(=S)sc2c1.O=C(CS)Nc1ccccc1. The van der Waals surface area contributed by atoms with E-state index in [1.54, 1.807) is 42.5 Å². The summed E-state index contributed by atoms with van der Waals surface area (Å²) < 4.78 is 1.92. The number of ketones is 2. The Morgan fingerprint density at radius 2 is 1.61 bits per heavy atom. The van der Waals surface area contributed by atoms with Gasteiger partial charge in [-0.3, -0.25) is 9.59 Å². The molecule has 4 N–H and O–H groups in total. The van der Waals surface area contributed by atoms with Crippen LogP contribution in [0.15, 0.2) is 72.8 Å². The zero-order valence-corrected chi connectivity index (χ0v) is 24.8. The van der Waals surface area contributed by atoms with E-state index in [-0.39, 0.29) is 23.2 Å². The van der Waals surface area contributed by atoms with Crippen LogP contribution in [-0.4, -0.2) is 28.2 Å². The first-order chi connectivity index (χ1) is 18.1. The third kappa shape index (κ3) is 13.5. The van der Waals surface area contributed by atoms with Crippen molar-refractivity contribution < 1.29 is 14.4 Å². The number of nitrogens with two attached hydrogens (primary N) is 1. The lowest BCUT2D eigenvalue weighted by molar-refractivity contribution is -0.116. The molecule has 0 unspecified atom stereocenters. The number of halogens is 1. The zero-order valence-electron chi connectivity index (χ0n) is 21.5. The quantitative estimate of drug-likeness (QED) is 0.0816. The normalized spacial score (nSPS) is 9.50. The number of fused-ring (bicyclic) bond motifs is 1. The van der Waals surface area contributed by atoms with E-state index in [0.717, 1.165) is 31.1 Å². The Hall–Kier alpha value is -2.98. The molecule has 38 heavy (non-hydrogen) atoms. The number of anilines is 2. The van der Waals surface area contributed by atoms with E-state index >= 15 is 0 Å². The maximum Gasteiger partial charge on any atom is 0.234 e. The number of nitrogens with one attached hydrogen (secondary N) is 2. The average Bonchev–Trinajstić information content (AvgIpc) is 3.29. The van der Waals surface area contributed by atoms with E-state index in [1.807, 2.05) is 62.4 Å². The fourth-order valence-electron chi connectivity index (χ4n) is 2.52. The molecule has 0 bridgehead atoms. The minimum Gasteiger partial charge on any atom is -0.399 e. The maximum absolute atomic E-state index is 11.1. The van der Waals surface area contributed by atoms with Gasteiger partial charge in [-0.25, -0.2) is 0 Å². The van der Waals surface area contributed by atoms with Crippen molar-refractivity contribution in [2.24, 2.45) is 0 Å². The van der Waals surface area contributed by atoms with Crippen molar-refractivity contribution in [3.8, 4) is 0 Å². The maximum atomic E-state index is 11.1. The fourth-order valence-corrected chi connectivity index (χ4v) is 3.89. The highest BCUT2D eigenvalue weighted by Crippen LogP contribution is 2.21. The topological polar surface area (TPSA) is 105 Å². The van der Waals surface area contributed by atoms with Crippen molar-refractivity contribution in [1.82, 2.24) is 4.98 Å². The van der Waals surface area contributed by atoms with E-state index in [0.29, 0.717) is 17.9 Å². The molecule has 202 valence electrons. The Kier molecular flexibility index (Phi) is 15.9. The van der Waals surface area contributed by atoms with Gasteiger partial charge in [-0.05, 0) is 73.7 Å². The highest BCUT2D eigenvalue weighted by atomic mass is 35.5. The van der Waals surface area contributed by atoms with Gasteiger partial charge in [0.2, 0.25) is 5.91 Å². The summed E-state index contributed by atoms with van der Waals surface area (Å²) in [7, 11) is 0. The summed E-state index contributed by atoms with van der Waals surface area (Å²) in [4.78, 5) is 34.8. The second-order valence-corrected chi connectivity index (χ2v) is 10.2. The number of para-hydroxylation sites is 1. The van der Waals surface area contributed by atoms with E-state index in [4.69, 9.17) is 29.6 Å². The first-order valence-electron chi connectivity index (χ1n) is 11.7. The van der Waals surface area contributed by atoms with Gasteiger partial charge in [0.1, 0.15) is 5.78 Å². The molecule has 0 spiro atoms. The lowest BCUT2D eigenvalue weighted by Crippen LogP contribution is -2.12. The highest BCUT2D eigenvalue weighted by molar-refractivity contribution is 7.81. The van der Waals surface area contributed by atoms with Crippen LogP contribution in [0.25, 0.3) is 10.2 Å². The number of aromatic amines is 1. The van der Waals surface area contributed by atoms with Crippen LogP contribution in [0.5, 0.6) is 0 Å². The second-order valence-electron chi connectivity index (χ2n) is 7.68. The number of Topliss-reactive ketones (excluding diaryl/α,β-unsaturated/α-hetero) is 2. The summed E-state index contributed by atoms with van der Waals surface area (Å²) >= 11 is 16.0. The van der Waals surface area contributed by atoms with Crippen LogP contribution in [0.3, 0.4) is 0 Å². The van der Waals surface area contributed by atoms with E-state index in [1.165, 1.54) is 0 Å². The molecule has 0 aliphatic heterocycles. The summed E-state index contributed by atoms with van der Waals surface area (Å²) in [5.41, 5.74) is 8.98. The first kappa shape index (κ1) is 33.0. The van der Waals surface area contributed by atoms with Crippen LogP contribution >= 0.6 is 47.8 Å². The number of thiol groups is 1. The minimum absolute atomic E-state index is 0.0838. The Morgan fingerprint density at radius 1 is 1.00 bits per heavy atom. The predicted octanol–water partition coefficient (Wildman–Crippen LogP) is 8.01. The van der Waals surface area contributed by atoms with Crippen LogP contribution < -0.4 is 11.1 Å². The van der Waals surface area contributed by atoms with Crippen LogP contribution in [0, 0.1) is 3.95 Å². The molecule has 0 radical (unpaired) electrons. The molecule has 1 heterocycles. The fraction of sp³-hybridized carbons (Fsp3) is 0.214. The molecule has 1 aromatic heterocycles. The van der Waals surface area contributed by atoms with Gasteiger partial charge in [0, 0.05) is 34.8 Å². The smallest absolute Gasteiger partial charge is 0.234 e. The molecule has 0 saturated carbocycles. The summed E-state index contributed by atoms with van der Waals surface area (Å²) in [6.07, 6.45) is 1.21. The summed E-state index contributed by atoms with van der Waals surface area (Å²) in [6.45, 7) is 5.28. The standard InChI is InChI=1S/C9H9ClO.C8H9NOS.C7H6N2S2.C4H8O/c1-2-9(11)7-3-5-8(10)6-4-7;10-8(6-11)9-7-4-2-1-3-5-7;8-4-1-2-5-6(3-4)11-7(10)9-5;1-3-4(2)5/h3-6H,2H2,1H3;1-5,11H,6H2,(H,9,10);1-3H,8H2,(H,9,10);3H2,1-2H3. The van der Waals surface area contributed by atoms with Crippen molar-refractivity contribution in [1.29, 1.82) is 0 Å². The third-order valence-corrected chi connectivity index (χ3v) is 6.37. The van der Waals surface area contributed by atoms with Gasteiger partial charge in [-0.15, -0.1) is 11.3 Å². The number of carbonyl (C=O) groups excluding carboxylic acids is 3. The van der Waals surface area contributed by atoms with Gasteiger partial charge >= 0.3 is 0 Å². The van der Waals surface area contributed by atoms with Gasteiger partial charge in [0.05, 0.1) is 16.0 Å². The molecule has 0 fully saturated rings. The number of H-pyrrole nitrogens is 1. The number of hydrogen-bond donors (Lipinski definition) is 4. The number of benzene rings is 3. The van der Waals surface area contributed by atoms with Crippen molar-refractivity contribution in [3.05, 3.63) is 87.3 Å². The molecule has 4 aromatic rings. The Labute approximate surface area is 243 Å². The zero-order chi connectivity index (χ0) is 28.5. The molecule has 0 aliphatic carbocycles. The summed E-state index contributed by atoms with van der Waals surface area (Å²) in [5, 5.41) is 3.34. The number of aromatic nitrogens is 1. The van der Waals surface area contributed by atoms with Crippen molar-refractivity contribution in [2.75, 3.05) is 16.8 Å². The lowest BCUT2D eigenvalue weighted by Gasteiger charge is -2.00. The molecule has 3 aromatic carbocycles. The molecule has 4 rings (SSSR count). The molecule has 0 aliphatic rings. The van der Waals surface area contributed by atoms with Gasteiger partial charge in [0.25, 0.3) is 0 Å². The van der Waals surface area contributed by atoms with E-state index < -0.39 is 0 Å². The third-order valence-electron chi connectivity index (χ3n) is 4.63. The largest absolute Gasteiger partial charge is 0.399 e. The monoisotopic (exact) mass is 589 g/mol. The van der Waals surface area contributed by atoms with Gasteiger partial charge in [-0.2, -0.15) is 12.6 Å². The number of hydrogen-bond acceptors (Lipinski definition) is 7. The summed E-state index contributed by atoms with van der Waals surface area (Å²) in [6, 6.07) is 22.0. The molecule has 10 heteroatoms. The van der Waals surface area contributed by atoms with Crippen molar-refractivity contribution >= 4 is 86.8 Å². The lowest BCUT2D eigenvalue weighted by atomic mass is 10.1. The Bertz CT molecular complexity index is 1350. The van der Waals surface area contributed by atoms with Crippen molar-refractivity contribution in [3.63, 3.8) is 0 Å². The number of nitrogen functional groups attached to an aromatic ring is 1. The van der Waals surface area contributed by atoms with Gasteiger partial charge in [0.15, 0.2) is 9.74 Å². The van der Waals surface area contributed by atoms with Crippen LogP contribution in [0.2, 0.25) is 5.02 Å².